The fraction of sp³-hybridized carbons (Fsp3) is 0.216. The number of carbonyl (C=O) groups excluding carboxylic acids is 1. The summed E-state index contributed by atoms with van der Waals surface area (Å²) in [4.78, 5) is 28.0. The molecule has 2 aromatic heterocycles. The van der Waals surface area contributed by atoms with E-state index in [-0.39, 0.29) is 54.1 Å². The zero-order chi connectivity index (χ0) is 44.6. The van der Waals surface area contributed by atoms with Crippen LogP contribution in [0.1, 0.15) is 12.5 Å². The normalized spacial score (nSPS) is 11.9. The first kappa shape index (κ1) is 47.2. The Balaban J connectivity index is 0.000000287. The van der Waals surface area contributed by atoms with Crippen LogP contribution < -0.4 is 20.1 Å². The molecule has 2 N–H and O–H groups in total. The summed E-state index contributed by atoms with van der Waals surface area (Å²) in [6.07, 6.45) is 9.68. The predicted octanol–water partition coefficient (Wildman–Crippen LogP) is 5.08. The van der Waals surface area contributed by atoms with Gasteiger partial charge in [-0.3, -0.25) is 0 Å². The maximum atomic E-state index is 12.6. The summed E-state index contributed by atoms with van der Waals surface area (Å²) in [5.74, 6) is 0.0700. The van der Waals surface area contributed by atoms with Crippen LogP contribution in [0.4, 0.5) is 23.3 Å². The van der Waals surface area contributed by atoms with Gasteiger partial charge in [0.2, 0.25) is 11.9 Å². The number of benzene rings is 3. The van der Waals surface area contributed by atoms with Crippen molar-refractivity contribution >= 4 is 90.6 Å². The molecule has 0 unspecified atom stereocenters. The third kappa shape index (κ3) is 13.3. The lowest BCUT2D eigenvalue weighted by molar-refractivity contribution is -0.137. The van der Waals surface area contributed by atoms with E-state index < -0.39 is 45.3 Å². The SMILES string of the molecule is CCOC(=O)/C=C/c1cccc(-c2cnc(Nc3cc(OC)cc(S(C)(=O)=O)c3)nc2S(C)(=O)=O)c1.COc1cc(Nc2ncc(Br)c(S(C)(=O)=O)n2)cc(S(C)(=O)=O)c1. The van der Waals surface area contributed by atoms with Crippen LogP contribution in [0.3, 0.4) is 0 Å². The average molecular weight is 968 g/mol. The zero-order valence-corrected chi connectivity index (χ0v) is 37.8. The van der Waals surface area contributed by atoms with Crippen molar-refractivity contribution in [1.29, 1.82) is 0 Å². The van der Waals surface area contributed by atoms with E-state index in [2.05, 4.69) is 46.5 Å². The molecule has 60 heavy (non-hydrogen) atoms. The molecule has 18 nitrogen and oxygen atoms in total. The Hall–Kier alpha value is -5.49. The lowest BCUT2D eigenvalue weighted by Gasteiger charge is -2.12. The van der Waals surface area contributed by atoms with Gasteiger partial charge in [0.25, 0.3) is 0 Å². The minimum absolute atomic E-state index is 0.00586. The first-order valence-electron chi connectivity index (χ1n) is 17.0. The van der Waals surface area contributed by atoms with Gasteiger partial charge in [0.05, 0.1) is 35.1 Å². The average Bonchev–Trinajstić information content (AvgIpc) is 3.16. The molecule has 3 aromatic carbocycles. The highest BCUT2D eigenvalue weighted by atomic mass is 79.9. The second kappa shape index (κ2) is 19.3. The van der Waals surface area contributed by atoms with Crippen LogP contribution in [0.2, 0.25) is 0 Å². The number of halogens is 1. The van der Waals surface area contributed by atoms with Gasteiger partial charge in [-0.25, -0.2) is 53.4 Å². The largest absolute Gasteiger partial charge is 0.497 e. The number of hydrogen-bond acceptors (Lipinski definition) is 18. The highest BCUT2D eigenvalue weighted by molar-refractivity contribution is 9.10. The van der Waals surface area contributed by atoms with Crippen molar-refractivity contribution in [2.75, 3.05) is 56.5 Å². The van der Waals surface area contributed by atoms with Gasteiger partial charge in [-0.1, -0.05) is 18.2 Å². The monoisotopic (exact) mass is 966 g/mol. The molecule has 0 spiro atoms. The summed E-state index contributed by atoms with van der Waals surface area (Å²) in [5, 5.41) is 5.22. The molecule has 0 saturated heterocycles. The van der Waals surface area contributed by atoms with Gasteiger partial charge in [0.1, 0.15) is 11.5 Å². The number of aromatic nitrogens is 4. The second-order valence-corrected chi connectivity index (χ2v) is 21.4. The minimum Gasteiger partial charge on any atom is -0.497 e. The van der Waals surface area contributed by atoms with Crippen LogP contribution in [-0.2, 0) is 48.9 Å². The van der Waals surface area contributed by atoms with Gasteiger partial charge in [0, 0.05) is 72.6 Å². The maximum absolute atomic E-state index is 12.6. The Kier molecular flexibility index (Phi) is 15.2. The van der Waals surface area contributed by atoms with Crippen LogP contribution in [0.5, 0.6) is 11.5 Å². The van der Waals surface area contributed by atoms with Crippen LogP contribution in [0, 0.1) is 0 Å². The number of anilines is 4. The molecule has 0 amide bonds. The van der Waals surface area contributed by atoms with E-state index in [0.717, 1.165) is 25.0 Å². The Morgan fingerprint density at radius 1 is 0.683 bits per heavy atom. The number of rotatable bonds is 14. The fourth-order valence-electron chi connectivity index (χ4n) is 4.95. The number of sulfone groups is 4. The highest BCUT2D eigenvalue weighted by Crippen LogP contribution is 2.31. The number of hydrogen-bond donors (Lipinski definition) is 2. The summed E-state index contributed by atoms with van der Waals surface area (Å²) in [7, 11) is -11.5. The van der Waals surface area contributed by atoms with E-state index in [9.17, 15) is 38.5 Å². The van der Waals surface area contributed by atoms with Gasteiger partial charge in [-0.2, -0.15) is 4.98 Å². The van der Waals surface area contributed by atoms with Crippen molar-refractivity contribution in [3.8, 4) is 22.6 Å². The summed E-state index contributed by atoms with van der Waals surface area (Å²) in [6.45, 7) is 1.96. The van der Waals surface area contributed by atoms with E-state index in [0.29, 0.717) is 28.3 Å². The van der Waals surface area contributed by atoms with E-state index in [1.807, 2.05) is 0 Å². The molecule has 0 atom stereocenters. The molecular weight excluding hydrogens is 929 g/mol. The third-order valence-electron chi connectivity index (χ3n) is 7.66. The number of ether oxygens (including phenoxy) is 3. The van der Waals surface area contributed by atoms with Gasteiger partial charge in [-0.15, -0.1) is 0 Å². The fourth-order valence-corrected chi connectivity index (χ4v) is 8.85. The number of methoxy groups -OCH3 is 2. The summed E-state index contributed by atoms with van der Waals surface area (Å²) in [6, 6.07) is 15.4. The summed E-state index contributed by atoms with van der Waals surface area (Å²) < 4.78 is 111. The smallest absolute Gasteiger partial charge is 0.330 e. The first-order chi connectivity index (χ1) is 27.9. The van der Waals surface area contributed by atoms with Crippen LogP contribution in [-0.4, -0.2) is 105 Å². The molecule has 23 heteroatoms. The van der Waals surface area contributed by atoms with E-state index >= 15 is 0 Å². The minimum atomic E-state index is -3.79. The van der Waals surface area contributed by atoms with E-state index in [1.54, 1.807) is 43.3 Å². The molecule has 5 aromatic rings. The predicted molar refractivity (Wildman–Crippen MR) is 228 cm³/mol. The molecule has 320 valence electrons. The van der Waals surface area contributed by atoms with Crippen LogP contribution in [0.15, 0.2) is 103 Å². The third-order valence-corrected chi connectivity index (χ3v) is 12.7. The first-order valence-corrected chi connectivity index (χ1v) is 25.3. The lowest BCUT2D eigenvalue weighted by Crippen LogP contribution is -2.08. The Bertz CT molecular complexity index is 2910. The molecule has 0 bridgehead atoms. The van der Waals surface area contributed by atoms with Gasteiger partial charge in [-0.05, 0) is 70.4 Å². The second-order valence-electron chi connectivity index (χ2n) is 12.6. The quantitative estimate of drug-likeness (QED) is 0.0836. The maximum Gasteiger partial charge on any atom is 0.330 e. The number of esters is 1. The molecule has 5 rings (SSSR count). The van der Waals surface area contributed by atoms with Crippen LogP contribution in [0.25, 0.3) is 17.2 Å². The number of nitrogens with zero attached hydrogens (tertiary/aromatic N) is 4. The molecule has 2 heterocycles. The summed E-state index contributed by atoms with van der Waals surface area (Å²) >= 11 is 3.08. The van der Waals surface area contributed by atoms with Crippen molar-refractivity contribution in [1.82, 2.24) is 19.9 Å². The van der Waals surface area contributed by atoms with Crippen molar-refractivity contribution in [3.63, 3.8) is 0 Å². The van der Waals surface area contributed by atoms with Crippen molar-refractivity contribution in [3.05, 3.63) is 89.2 Å². The summed E-state index contributed by atoms with van der Waals surface area (Å²) in [5.41, 5.74) is 2.07. The van der Waals surface area contributed by atoms with Gasteiger partial charge >= 0.3 is 5.97 Å². The van der Waals surface area contributed by atoms with E-state index in [4.69, 9.17) is 14.2 Å². The Morgan fingerprint density at radius 2 is 1.18 bits per heavy atom. The molecule has 0 radical (unpaired) electrons. The Labute approximate surface area is 356 Å². The Morgan fingerprint density at radius 3 is 1.65 bits per heavy atom. The standard InChI is InChI=1S/C24H25N3O7S2.C13H14BrN3O5S2/c1-5-34-22(28)10-9-16-7-6-8-17(11-16)21-15-25-24(27-23(21)36(4,31)32)26-18-12-19(33-2)14-20(13-18)35(3,29)30;1-22-9-4-8(5-10(6-9)23(2,18)19)16-13-15-7-11(14)12(17-13)24(3,20)21/h6-15H,5H2,1-4H3,(H,25,26,27);4-7H,1-3H3,(H,15,16,17)/b10-9+;. The van der Waals surface area contributed by atoms with Gasteiger partial charge < -0.3 is 24.8 Å². The molecule has 0 aliphatic heterocycles. The van der Waals surface area contributed by atoms with Crippen LogP contribution >= 0.6 is 15.9 Å². The molecular formula is C37H39BrN6O12S4. The van der Waals surface area contributed by atoms with E-state index in [1.165, 1.54) is 63.0 Å². The zero-order valence-electron chi connectivity index (χ0n) is 33.0. The topological polar surface area (TPSA) is 257 Å². The highest BCUT2D eigenvalue weighted by Gasteiger charge is 2.20. The molecule has 0 saturated carbocycles. The molecule has 0 aliphatic carbocycles. The molecule has 0 aliphatic rings. The van der Waals surface area contributed by atoms with Crippen molar-refractivity contribution in [2.45, 2.75) is 26.8 Å². The molecule has 0 fully saturated rings. The number of carbonyl (C=O) groups is 1. The number of nitrogens with one attached hydrogen (secondary N) is 2. The lowest BCUT2D eigenvalue weighted by atomic mass is 10.1. The van der Waals surface area contributed by atoms with Crippen molar-refractivity contribution < 1.29 is 52.7 Å². The van der Waals surface area contributed by atoms with Crippen molar-refractivity contribution in [2.24, 2.45) is 0 Å². The van der Waals surface area contributed by atoms with Gasteiger partial charge in [0.15, 0.2) is 49.4 Å².